The summed E-state index contributed by atoms with van der Waals surface area (Å²) in [6, 6.07) is 15.0. The Bertz CT molecular complexity index is 953. The number of carbonyl (C=O) groups is 3. The zero-order valence-electron chi connectivity index (χ0n) is 14.6. The van der Waals surface area contributed by atoms with Crippen LogP contribution in [-0.4, -0.2) is 24.8 Å². The van der Waals surface area contributed by atoms with Crippen LogP contribution in [0.25, 0.3) is 0 Å². The molecule has 142 valence electrons. The summed E-state index contributed by atoms with van der Waals surface area (Å²) in [5, 5.41) is 4.68. The predicted molar refractivity (Wildman–Crippen MR) is 103 cm³/mol. The van der Waals surface area contributed by atoms with Gasteiger partial charge in [-0.3, -0.25) is 9.59 Å². The van der Waals surface area contributed by atoms with E-state index in [1.807, 2.05) is 17.5 Å². The van der Waals surface area contributed by atoms with Crippen molar-refractivity contribution in [2.24, 2.45) is 0 Å². The minimum atomic E-state index is -0.665. The molecule has 0 aliphatic rings. The molecule has 3 aromatic rings. The lowest BCUT2D eigenvalue weighted by Gasteiger charge is -2.18. The molecule has 1 amide bonds. The summed E-state index contributed by atoms with van der Waals surface area (Å²) in [5.41, 5.74) is 1.40. The Morgan fingerprint density at radius 3 is 2.39 bits per heavy atom. The molecule has 0 fully saturated rings. The Morgan fingerprint density at radius 1 is 1.07 bits per heavy atom. The molecule has 0 bridgehead atoms. The average Bonchev–Trinajstić information content (AvgIpc) is 3.25. The highest BCUT2D eigenvalue weighted by Gasteiger charge is 2.19. The predicted octanol–water partition coefficient (Wildman–Crippen LogP) is 3.76. The Hall–Kier alpha value is -3.32. The van der Waals surface area contributed by atoms with E-state index in [0.717, 1.165) is 4.88 Å². The van der Waals surface area contributed by atoms with Crippen molar-refractivity contribution in [1.29, 1.82) is 0 Å². The highest BCUT2D eigenvalue weighted by atomic mass is 32.1. The molecule has 0 aliphatic carbocycles. The largest absolute Gasteiger partial charge is 0.452 e. The molecule has 28 heavy (non-hydrogen) atoms. The van der Waals surface area contributed by atoms with Crippen molar-refractivity contribution in [2.75, 3.05) is 6.61 Å². The third kappa shape index (κ3) is 4.89. The molecule has 0 saturated heterocycles. The van der Waals surface area contributed by atoms with Crippen LogP contribution >= 0.6 is 11.3 Å². The van der Waals surface area contributed by atoms with E-state index in [4.69, 9.17) is 4.74 Å². The van der Waals surface area contributed by atoms with Crippen LogP contribution in [0.5, 0.6) is 0 Å². The number of amides is 1. The number of nitrogens with one attached hydrogen (secondary N) is 1. The van der Waals surface area contributed by atoms with Gasteiger partial charge in [-0.2, -0.15) is 0 Å². The fourth-order valence-corrected chi connectivity index (χ4v) is 3.35. The van der Waals surface area contributed by atoms with E-state index in [9.17, 15) is 18.8 Å². The number of hydrogen-bond donors (Lipinski definition) is 1. The molecule has 0 aliphatic heterocycles. The van der Waals surface area contributed by atoms with Crippen LogP contribution in [0, 0.1) is 5.82 Å². The van der Waals surface area contributed by atoms with Crippen molar-refractivity contribution in [3.63, 3.8) is 0 Å². The van der Waals surface area contributed by atoms with Crippen molar-refractivity contribution in [3.05, 3.63) is 93.4 Å². The second-order valence-corrected chi connectivity index (χ2v) is 6.86. The first-order chi connectivity index (χ1) is 13.6. The topological polar surface area (TPSA) is 72.5 Å². The number of carbonyl (C=O) groups excluding carboxylic acids is 3. The fraction of sp³-hybridized carbons (Fsp3) is 0.0952. The Kier molecular flexibility index (Phi) is 6.29. The standard InChI is InChI=1S/C21H16FNO4S/c22-17-9-7-15(8-10-17)20(18-2-1-11-28-18)23-19(25)13-27-21(26)16-5-3-14(12-24)4-6-16/h1-12,20H,13H2,(H,23,25)/t20-/m1/s1. The normalized spacial score (nSPS) is 11.5. The molecule has 5 nitrogen and oxygen atoms in total. The second kappa shape index (κ2) is 9.05. The maximum atomic E-state index is 13.2. The number of rotatable bonds is 7. The molecular weight excluding hydrogens is 381 g/mol. The zero-order valence-corrected chi connectivity index (χ0v) is 15.4. The number of ether oxygens (including phenoxy) is 1. The van der Waals surface area contributed by atoms with Gasteiger partial charge in [-0.1, -0.05) is 30.3 Å². The molecule has 2 aromatic carbocycles. The van der Waals surface area contributed by atoms with Gasteiger partial charge in [-0.15, -0.1) is 11.3 Å². The first kappa shape index (κ1) is 19.4. The Morgan fingerprint density at radius 2 is 1.79 bits per heavy atom. The molecule has 0 unspecified atom stereocenters. The molecular formula is C21H16FNO4S. The van der Waals surface area contributed by atoms with Crippen LogP contribution in [0.4, 0.5) is 4.39 Å². The van der Waals surface area contributed by atoms with Gasteiger partial charge in [0.2, 0.25) is 0 Å². The third-order valence-electron chi connectivity index (χ3n) is 3.95. The molecule has 7 heteroatoms. The van der Waals surface area contributed by atoms with E-state index in [1.165, 1.54) is 47.7 Å². The Balaban J connectivity index is 1.64. The van der Waals surface area contributed by atoms with E-state index < -0.39 is 24.5 Å². The summed E-state index contributed by atoms with van der Waals surface area (Å²) in [4.78, 5) is 35.9. The number of esters is 1. The number of hydrogen-bond acceptors (Lipinski definition) is 5. The van der Waals surface area contributed by atoms with Crippen molar-refractivity contribution in [2.45, 2.75) is 6.04 Å². The van der Waals surface area contributed by atoms with Crippen LogP contribution in [0.3, 0.4) is 0 Å². The molecule has 0 radical (unpaired) electrons. The molecule has 0 spiro atoms. The number of benzene rings is 2. The molecule has 1 heterocycles. The summed E-state index contributed by atoms with van der Waals surface area (Å²) >= 11 is 1.45. The highest BCUT2D eigenvalue weighted by molar-refractivity contribution is 7.10. The summed E-state index contributed by atoms with van der Waals surface area (Å²) in [5.74, 6) is -1.52. The number of halogens is 1. The van der Waals surface area contributed by atoms with Crippen LogP contribution in [-0.2, 0) is 9.53 Å². The summed E-state index contributed by atoms with van der Waals surface area (Å²) in [6.45, 7) is -0.461. The summed E-state index contributed by atoms with van der Waals surface area (Å²) < 4.78 is 18.3. The summed E-state index contributed by atoms with van der Waals surface area (Å²) in [6.07, 6.45) is 0.669. The van der Waals surface area contributed by atoms with Gasteiger partial charge in [0.25, 0.3) is 5.91 Å². The number of aldehydes is 1. The highest BCUT2D eigenvalue weighted by Crippen LogP contribution is 2.26. The van der Waals surface area contributed by atoms with Gasteiger partial charge in [-0.25, -0.2) is 9.18 Å². The first-order valence-electron chi connectivity index (χ1n) is 8.37. The fourth-order valence-electron chi connectivity index (χ4n) is 2.54. The van der Waals surface area contributed by atoms with Crippen LogP contribution < -0.4 is 5.32 Å². The van der Waals surface area contributed by atoms with Gasteiger partial charge in [0.1, 0.15) is 12.1 Å². The van der Waals surface area contributed by atoms with E-state index >= 15 is 0 Å². The SMILES string of the molecule is O=Cc1ccc(C(=O)OCC(=O)N[C@H](c2ccc(F)cc2)c2cccs2)cc1. The zero-order chi connectivity index (χ0) is 19.9. The molecule has 1 N–H and O–H groups in total. The molecule has 1 atom stereocenters. The van der Waals surface area contributed by atoms with Crippen molar-refractivity contribution in [1.82, 2.24) is 5.32 Å². The number of thiophene rings is 1. The second-order valence-electron chi connectivity index (χ2n) is 5.88. The lowest BCUT2D eigenvalue weighted by Crippen LogP contribution is -2.32. The average molecular weight is 397 g/mol. The molecule has 3 rings (SSSR count). The van der Waals surface area contributed by atoms with E-state index in [1.54, 1.807) is 12.1 Å². The van der Waals surface area contributed by atoms with Crippen molar-refractivity contribution >= 4 is 29.5 Å². The summed E-state index contributed by atoms with van der Waals surface area (Å²) in [7, 11) is 0. The maximum Gasteiger partial charge on any atom is 0.338 e. The van der Waals surface area contributed by atoms with Crippen LogP contribution in [0.2, 0.25) is 0 Å². The van der Waals surface area contributed by atoms with Gasteiger partial charge in [-0.05, 0) is 41.3 Å². The van der Waals surface area contributed by atoms with E-state index in [-0.39, 0.29) is 11.4 Å². The van der Waals surface area contributed by atoms with Gasteiger partial charge >= 0.3 is 5.97 Å². The lowest BCUT2D eigenvalue weighted by atomic mass is 10.1. The van der Waals surface area contributed by atoms with E-state index in [2.05, 4.69) is 5.32 Å². The van der Waals surface area contributed by atoms with Crippen molar-refractivity contribution < 1.29 is 23.5 Å². The monoisotopic (exact) mass is 397 g/mol. The van der Waals surface area contributed by atoms with Crippen LogP contribution in [0.15, 0.2) is 66.0 Å². The maximum absolute atomic E-state index is 13.2. The van der Waals surface area contributed by atoms with Gasteiger partial charge < -0.3 is 10.1 Å². The Labute approximate surface area is 164 Å². The minimum absolute atomic E-state index is 0.242. The third-order valence-corrected chi connectivity index (χ3v) is 4.89. The quantitative estimate of drug-likeness (QED) is 0.487. The van der Waals surface area contributed by atoms with Crippen LogP contribution in [0.1, 0.15) is 37.2 Å². The van der Waals surface area contributed by atoms with Gasteiger partial charge in [0.15, 0.2) is 6.61 Å². The first-order valence-corrected chi connectivity index (χ1v) is 9.25. The molecule has 1 aromatic heterocycles. The van der Waals surface area contributed by atoms with Gasteiger partial charge in [0.05, 0.1) is 11.6 Å². The smallest absolute Gasteiger partial charge is 0.338 e. The van der Waals surface area contributed by atoms with Gasteiger partial charge in [0, 0.05) is 10.4 Å². The molecule has 0 saturated carbocycles. The minimum Gasteiger partial charge on any atom is -0.452 e. The van der Waals surface area contributed by atoms with Crippen molar-refractivity contribution in [3.8, 4) is 0 Å². The lowest BCUT2D eigenvalue weighted by molar-refractivity contribution is -0.124. The van der Waals surface area contributed by atoms with E-state index in [0.29, 0.717) is 17.4 Å².